The maximum absolute atomic E-state index is 5.80. The Balaban J connectivity index is 2.14. The number of hydrogen-bond acceptors (Lipinski definition) is 2. The number of hydrogen-bond donors (Lipinski definition) is 1. The van der Waals surface area contributed by atoms with Crippen LogP contribution in [-0.4, -0.2) is 19.8 Å². The number of ether oxygens (including phenoxy) is 1. The molecule has 2 heteroatoms. The third kappa shape index (κ3) is 3.08. The first-order valence-electron chi connectivity index (χ1n) is 6.73. The minimum absolute atomic E-state index is 0.342. The highest BCUT2D eigenvalue weighted by Gasteiger charge is 2.25. The van der Waals surface area contributed by atoms with Crippen LogP contribution in [0.2, 0.25) is 0 Å². The van der Waals surface area contributed by atoms with Crippen LogP contribution < -0.4 is 5.32 Å². The molecule has 0 aliphatic carbocycles. The third-order valence-corrected chi connectivity index (χ3v) is 3.50. The van der Waals surface area contributed by atoms with Crippen molar-refractivity contribution < 1.29 is 4.74 Å². The fourth-order valence-electron chi connectivity index (χ4n) is 2.66. The predicted octanol–water partition coefficient (Wildman–Crippen LogP) is 3.08. The summed E-state index contributed by atoms with van der Waals surface area (Å²) in [7, 11) is 2.03. The standard InChI is InChI=1S/C15H23NO/c1-3-6-12-7-4-8-13(11-12)15(16-2)14-9-5-10-17-14/h4,7-8,11,14-16H,3,5-6,9-10H2,1-2H3. The number of nitrogens with one attached hydrogen (secondary N) is 1. The van der Waals surface area contributed by atoms with Gasteiger partial charge in [0.1, 0.15) is 0 Å². The lowest BCUT2D eigenvalue weighted by Gasteiger charge is -2.23. The second kappa shape index (κ2) is 6.18. The van der Waals surface area contributed by atoms with Crippen LogP contribution in [0.3, 0.4) is 0 Å². The minimum Gasteiger partial charge on any atom is -0.376 e. The summed E-state index contributed by atoms with van der Waals surface area (Å²) in [4.78, 5) is 0. The average Bonchev–Trinajstić information content (AvgIpc) is 2.85. The van der Waals surface area contributed by atoms with Crippen molar-refractivity contribution in [3.63, 3.8) is 0 Å². The first-order chi connectivity index (χ1) is 8.35. The fourth-order valence-corrected chi connectivity index (χ4v) is 2.66. The van der Waals surface area contributed by atoms with Gasteiger partial charge in [-0.1, -0.05) is 37.6 Å². The predicted molar refractivity (Wildman–Crippen MR) is 71.2 cm³/mol. The summed E-state index contributed by atoms with van der Waals surface area (Å²) in [6, 6.07) is 9.26. The molecular formula is C15H23NO. The molecule has 2 rings (SSSR count). The van der Waals surface area contributed by atoms with Crippen molar-refractivity contribution in [2.75, 3.05) is 13.7 Å². The van der Waals surface area contributed by atoms with Crippen LogP contribution in [0.15, 0.2) is 24.3 Å². The van der Waals surface area contributed by atoms with Gasteiger partial charge in [-0.2, -0.15) is 0 Å². The molecule has 0 radical (unpaired) electrons. The van der Waals surface area contributed by atoms with Crippen LogP contribution in [-0.2, 0) is 11.2 Å². The Morgan fingerprint density at radius 3 is 3.00 bits per heavy atom. The molecule has 0 bridgehead atoms. The van der Waals surface area contributed by atoms with Crippen molar-refractivity contribution >= 4 is 0 Å². The van der Waals surface area contributed by atoms with E-state index in [1.807, 2.05) is 7.05 Å². The van der Waals surface area contributed by atoms with Gasteiger partial charge in [-0.05, 0) is 37.4 Å². The van der Waals surface area contributed by atoms with E-state index < -0.39 is 0 Å². The first kappa shape index (κ1) is 12.6. The first-order valence-corrected chi connectivity index (χ1v) is 6.73. The molecular weight excluding hydrogens is 210 g/mol. The molecule has 2 unspecified atom stereocenters. The molecule has 94 valence electrons. The zero-order valence-electron chi connectivity index (χ0n) is 10.9. The van der Waals surface area contributed by atoms with E-state index in [9.17, 15) is 0 Å². The van der Waals surface area contributed by atoms with Crippen molar-refractivity contribution in [2.24, 2.45) is 0 Å². The maximum Gasteiger partial charge on any atom is 0.0770 e. The summed E-state index contributed by atoms with van der Waals surface area (Å²) < 4.78 is 5.80. The summed E-state index contributed by atoms with van der Waals surface area (Å²) in [5, 5.41) is 3.40. The largest absolute Gasteiger partial charge is 0.376 e. The lowest BCUT2D eigenvalue weighted by molar-refractivity contribution is 0.0807. The Labute approximate surface area is 104 Å². The maximum atomic E-state index is 5.80. The van der Waals surface area contributed by atoms with E-state index in [4.69, 9.17) is 4.74 Å². The van der Waals surface area contributed by atoms with Crippen LogP contribution in [0.1, 0.15) is 43.4 Å². The van der Waals surface area contributed by atoms with E-state index in [0.717, 1.165) is 13.0 Å². The SMILES string of the molecule is CCCc1cccc(C(NC)C2CCCO2)c1. The summed E-state index contributed by atoms with van der Waals surface area (Å²) in [6.45, 7) is 3.14. The van der Waals surface area contributed by atoms with Gasteiger partial charge in [0.2, 0.25) is 0 Å². The van der Waals surface area contributed by atoms with Gasteiger partial charge in [-0.15, -0.1) is 0 Å². The van der Waals surface area contributed by atoms with Crippen molar-refractivity contribution in [1.29, 1.82) is 0 Å². The van der Waals surface area contributed by atoms with E-state index in [1.54, 1.807) is 0 Å². The molecule has 1 fully saturated rings. The molecule has 0 amide bonds. The van der Waals surface area contributed by atoms with Gasteiger partial charge in [0.25, 0.3) is 0 Å². The van der Waals surface area contributed by atoms with Gasteiger partial charge in [-0.25, -0.2) is 0 Å². The molecule has 1 aliphatic heterocycles. The molecule has 1 N–H and O–H groups in total. The van der Waals surface area contributed by atoms with Crippen molar-refractivity contribution in [3.8, 4) is 0 Å². The summed E-state index contributed by atoms with van der Waals surface area (Å²) >= 11 is 0. The average molecular weight is 233 g/mol. The van der Waals surface area contributed by atoms with Crippen LogP contribution in [0, 0.1) is 0 Å². The molecule has 1 aromatic rings. The lowest BCUT2D eigenvalue weighted by Crippen LogP contribution is -2.28. The Morgan fingerprint density at radius 1 is 1.47 bits per heavy atom. The number of benzene rings is 1. The molecule has 0 saturated carbocycles. The molecule has 0 aromatic heterocycles. The number of likely N-dealkylation sites (N-methyl/N-ethyl adjacent to an activating group) is 1. The summed E-state index contributed by atoms with van der Waals surface area (Å²) in [6.07, 6.45) is 5.07. The molecule has 0 spiro atoms. The highest BCUT2D eigenvalue weighted by molar-refractivity contribution is 5.27. The zero-order valence-corrected chi connectivity index (χ0v) is 10.9. The Kier molecular flexibility index (Phi) is 4.57. The van der Waals surface area contributed by atoms with E-state index in [2.05, 4.69) is 36.5 Å². The van der Waals surface area contributed by atoms with Crippen LogP contribution in [0.25, 0.3) is 0 Å². The third-order valence-electron chi connectivity index (χ3n) is 3.50. The molecule has 1 aromatic carbocycles. The van der Waals surface area contributed by atoms with E-state index in [0.29, 0.717) is 12.1 Å². The summed E-state index contributed by atoms with van der Waals surface area (Å²) in [5.41, 5.74) is 2.80. The zero-order chi connectivity index (χ0) is 12.1. The molecule has 1 heterocycles. The molecule has 1 saturated heterocycles. The summed E-state index contributed by atoms with van der Waals surface area (Å²) in [5.74, 6) is 0. The van der Waals surface area contributed by atoms with E-state index >= 15 is 0 Å². The number of aryl methyl sites for hydroxylation is 1. The Bertz CT molecular complexity index is 345. The Hall–Kier alpha value is -0.860. The fraction of sp³-hybridized carbons (Fsp3) is 0.600. The van der Waals surface area contributed by atoms with Gasteiger partial charge in [-0.3, -0.25) is 0 Å². The van der Waals surface area contributed by atoms with E-state index in [-0.39, 0.29) is 0 Å². The van der Waals surface area contributed by atoms with Crippen LogP contribution >= 0.6 is 0 Å². The second-order valence-corrected chi connectivity index (χ2v) is 4.81. The highest BCUT2D eigenvalue weighted by Crippen LogP contribution is 2.27. The van der Waals surface area contributed by atoms with Gasteiger partial charge in [0, 0.05) is 6.61 Å². The van der Waals surface area contributed by atoms with Crippen molar-refractivity contribution in [2.45, 2.75) is 44.8 Å². The molecule has 1 aliphatic rings. The minimum atomic E-state index is 0.342. The lowest BCUT2D eigenvalue weighted by atomic mass is 9.97. The van der Waals surface area contributed by atoms with Gasteiger partial charge in [0.15, 0.2) is 0 Å². The van der Waals surface area contributed by atoms with Gasteiger partial charge < -0.3 is 10.1 Å². The van der Waals surface area contributed by atoms with E-state index in [1.165, 1.54) is 30.4 Å². The van der Waals surface area contributed by atoms with Gasteiger partial charge >= 0.3 is 0 Å². The number of rotatable bonds is 5. The Morgan fingerprint density at radius 2 is 2.35 bits per heavy atom. The smallest absolute Gasteiger partial charge is 0.0770 e. The molecule has 2 nitrogen and oxygen atoms in total. The quantitative estimate of drug-likeness (QED) is 0.844. The van der Waals surface area contributed by atoms with Crippen LogP contribution in [0.4, 0.5) is 0 Å². The van der Waals surface area contributed by atoms with Crippen molar-refractivity contribution in [1.82, 2.24) is 5.32 Å². The topological polar surface area (TPSA) is 21.3 Å². The monoisotopic (exact) mass is 233 g/mol. The molecule has 2 atom stereocenters. The normalized spacial score (nSPS) is 21.6. The highest BCUT2D eigenvalue weighted by atomic mass is 16.5. The van der Waals surface area contributed by atoms with Gasteiger partial charge in [0.05, 0.1) is 12.1 Å². The molecule has 17 heavy (non-hydrogen) atoms. The second-order valence-electron chi connectivity index (χ2n) is 4.81. The van der Waals surface area contributed by atoms with Crippen LogP contribution in [0.5, 0.6) is 0 Å². The van der Waals surface area contributed by atoms with Crippen molar-refractivity contribution in [3.05, 3.63) is 35.4 Å².